The maximum Gasteiger partial charge on any atom is 0.227 e. The lowest BCUT2D eigenvalue weighted by Crippen LogP contribution is -2.40. The highest BCUT2D eigenvalue weighted by molar-refractivity contribution is 5.79. The summed E-state index contributed by atoms with van der Waals surface area (Å²) in [5, 5.41) is 4.68. The third kappa shape index (κ3) is 3.46. The number of carbonyl (C=O) groups excluding carboxylic acids is 1. The number of aromatic nitrogens is 4. The van der Waals surface area contributed by atoms with Crippen molar-refractivity contribution in [2.75, 3.05) is 13.1 Å². The van der Waals surface area contributed by atoms with E-state index < -0.39 is 0 Å². The van der Waals surface area contributed by atoms with Gasteiger partial charge in [0.05, 0.1) is 17.8 Å². The number of aryl methyl sites for hydroxylation is 2. The Morgan fingerprint density at radius 3 is 2.71 bits per heavy atom. The Bertz CT molecular complexity index is 972. The van der Waals surface area contributed by atoms with E-state index in [0.29, 0.717) is 12.3 Å². The van der Waals surface area contributed by atoms with E-state index in [9.17, 15) is 4.79 Å². The molecule has 0 spiro atoms. The predicted molar refractivity (Wildman–Crippen MR) is 109 cm³/mol. The van der Waals surface area contributed by atoms with E-state index in [1.54, 1.807) is 0 Å². The van der Waals surface area contributed by atoms with Gasteiger partial charge in [0.2, 0.25) is 5.91 Å². The van der Waals surface area contributed by atoms with E-state index >= 15 is 0 Å². The fraction of sp³-hybridized carbons (Fsp3) is 0.409. The molecule has 1 fully saturated rings. The summed E-state index contributed by atoms with van der Waals surface area (Å²) in [6.45, 7) is 5.60. The molecule has 1 amide bonds. The first-order valence-electron chi connectivity index (χ1n) is 9.90. The number of hydrogen-bond acceptors (Lipinski definition) is 3. The number of piperidine rings is 1. The van der Waals surface area contributed by atoms with Gasteiger partial charge in [-0.1, -0.05) is 18.2 Å². The molecule has 1 aliphatic heterocycles. The molecule has 0 radical (unpaired) electrons. The lowest BCUT2D eigenvalue weighted by atomic mass is 9.96. The second-order valence-electron chi connectivity index (χ2n) is 7.65. The first kappa shape index (κ1) is 18.5. The Hall–Kier alpha value is -2.89. The number of likely N-dealkylation sites (tertiary alicyclic amines) is 1. The van der Waals surface area contributed by atoms with Crippen LogP contribution in [0.5, 0.6) is 0 Å². The van der Waals surface area contributed by atoms with Gasteiger partial charge in [-0.3, -0.25) is 4.79 Å². The van der Waals surface area contributed by atoms with Gasteiger partial charge in [0.25, 0.3) is 0 Å². The molecule has 1 unspecified atom stereocenters. The fourth-order valence-electron chi connectivity index (χ4n) is 4.20. The third-order valence-electron chi connectivity index (χ3n) is 5.77. The van der Waals surface area contributed by atoms with E-state index in [4.69, 9.17) is 0 Å². The maximum atomic E-state index is 13.1. The summed E-state index contributed by atoms with van der Waals surface area (Å²) < 4.78 is 4.00. The van der Waals surface area contributed by atoms with Gasteiger partial charge in [-0.25, -0.2) is 9.67 Å². The molecule has 2 aromatic heterocycles. The highest BCUT2D eigenvalue weighted by Gasteiger charge is 2.28. The molecule has 0 saturated carbocycles. The highest BCUT2D eigenvalue weighted by Crippen LogP contribution is 2.26. The largest absolute Gasteiger partial charge is 0.342 e. The summed E-state index contributed by atoms with van der Waals surface area (Å²) in [5.74, 6) is 1.56. The van der Waals surface area contributed by atoms with Gasteiger partial charge in [0.1, 0.15) is 5.82 Å². The van der Waals surface area contributed by atoms with E-state index in [0.717, 1.165) is 54.4 Å². The van der Waals surface area contributed by atoms with Crippen molar-refractivity contribution < 1.29 is 4.79 Å². The molecule has 6 heteroatoms. The van der Waals surface area contributed by atoms with Crippen LogP contribution in [0.4, 0.5) is 0 Å². The first-order chi connectivity index (χ1) is 13.5. The molecule has 4 rings (SSSR count). The lowest BCUT2D eigenvalue weighted by Gasteiger charge is -2.32. The zero-order chi connectivity index (χ0) is 19.7. The molecular formula is C22H27N5O. The van der Waals surface area contributed by atoms with Crippen molar-refractivity contribution >= 4 is 5.91 Å². The average molecular weight is 377 g/mol. The van der Waals surface area contributed by atoms with Crippen LogP contribution in [0.25, 0.3) is 5.69 Å². The van der Waals surface area contributed by atoms with Crippen LogP contribution in [0.15, 0.2) is 42.7 Å². The molecule has 146 valence electrons. The maximum absolute atomic E-state index is 13.1. The van der Waals surface area contributed by atoms with Gasteiger partial charge >= 0.3 is 0 Å². The third-order valence-corrected chi connectivity index (χ3v) is 5.77. The molecular weight excluding hydrogens is 350 g/mol. The molecule has 0 N–H and O–H groups in total. The molecule has 1 atom stereocenters. The van der Waals surface area contributed by atoms with Crippen molar-refractivity contribution in [3.8, 4) is 5.69 Å². The molecule has 1 saturated heterocycles. The molecule has 6 nitrogen and oxygen atoms in total. The zero-order valence-corrected chi connectivity index (χ0v) is 16.8. The van der Waals surface area contributed by atoms with Gasteiger partial charge in [-0.15, -0.1) is 0 Å². The Balaban J connectivity index is 1.51. The SMILES string of the molecule is Cc1nn(-c2ccccc2)c(C)c1CC(=O)N1CCCC(c2nccn2C)C1. The molecule has 1 aromatic carbocycles. The number of rotatable bonds is 4. The number of para-hydroxylation sites is 1. The minimum atomic E-state index is 0.178. The fourth-order valence-corrected chi connectivity index (χ4v) is 4.20. The van der Waals surface area contributed by atoms with E-state index in [-0.39, 0.29) is 5.91 Å². The quantitative estimate of drug-likeness (QED) is 0.702. The van der Waals surface area contributed by atoms with Crippen LogP contribution in [0.3, 0.4) is 0 Å². The van der Waals surface area contributed by atoms with Crippen molar-refractivity contribution in [2.24, 2.45) is 7.05 Å². The second kappa shape index (κ2) is 7.62. The molecule has 3 heterocycles. The Morgan fingerprint density at radius 1 is 1.21 bits per heavy atom. The van der Waals surface area contributed by atoms with Crippen LogP contribution in [-0.2, 0) is 18.3 Å². The van der Waals surface area contributed by atoms with E-state index in [1.807, 2.05) is 73.2 Å². The van der Waals surface area contributed by atoms with Crippen molar-refractivity contribution in [3.05, 3.63) is 65.5 Å². The minimum Gasteiger partial charge on any atom is -0.342 e. The van der Waals surface area contributed by atoms with Gasteiger partial charge in [-0.05, 0) is 38.8 Å². The van der Waals surface area contributed by atoms with Gasteiger partial charge in [0.15, 0.2) is 0 Å². The van der Waals surface area contributed by atoms with Crippen LogP contribution >= 0.6 is 0 Å². The van der Waals surface area contributed by atoms with Crippen LogP contribution in [0, 0.1) is 13.8 Å². The van der Waals surface area contributed by atoms with Crippen LogP contribution in [-0.4, -0.2) is 43.2 Å². The normalized spacial score (nSPS) is 17.1. The smallest absolute Gasteiger partial charge is 0.227 e. The van der Waals surface area contributed by atoms with E-state index in [2.05, 4.69) is 14.6 Å². The number of amides is 1. The number of nitrogens with zero attached hydrogens (tertiary/aromatic N) is 5. The molecule has 3 aromatic rings. The minimum absolute atomic E-state index is 0.178. The van der Waals surface area contributed by atoms with Crippen LogP contribution in [0.2, 0.25) is 0 Å². The van der Waals surface area contributed by atoms with Crippen molar-refractivity contribution in [1.29, 1.82) is 0 Å². The molecule has 0 aliphatic carbocycles. The summed E-state index contributed by atoms with van der Waals surface area (Å²) >= 11 is 0. The second-order valence-corrected chi connectivity index (χ2v) is 7.65. The van der Waals surface area contributed by atoms with Crippen molar-refractivity contribution in [3.63, 3.8) is 0 Å². The number of carbonyl (C=O) groups is 1. The highest BCUT2D eigenvalue weighted by atomic mass is 16.2. The summed E-state index contributed by atoms with van der Waals surface area (Å²) in [7, 11) is 2.02. The van der Waals surface area contributed by atoms with Crippen molar-refractivity contribution in [2.45, 2.75) is 39.0 Å². The van der Waals surface area contributed by atoms with Crippen LogP contribution < -0.4 is 0 Å². The number of hydrogen-bond donors (Lipinski definition) is 0. The monoisotopic (exact) mass is 377 g/mol. The van der Waals surface area contributed by atoms with Gasteiger partial charge in [0, 0.05) is 49.7 Å². The summed E-state index contributed by atoms with van der Waals surface area (Å²) in [5.41, 5.74) is 4.02. The first-order valence-corrected chi connectivity index (χ1v) is 9.90. The molecule has 28 heavy (non-hydrogen) atoms. The number of imidazole rings is 1. The predicted octanol–water partition coefficient (Wildman–Crippen LogP) is 3.17. The summed E-state index contributed by atoms with van der Waals surface area (Å²) in [4.78, 5) is 19.6. The summed E-state index contributed by atoms with van der Waals surface area (Å²) in [6.07, 6.45) is 6.31. The topological polar surface area (TPSA) is 56.0 Å². The molecule has 0 bridgehead atoms. The van der Waals surface area contributed by atoms with Crippen molar-refractivity contribution in [1.82, 2.24) is 24.2 Å². The van der Waals surface area contributed by atoms with Gasteiger partial charge in [-0.2, -0.15) is 5.10 Å². The number of benzene rings is 1. The Labute approximate surface area is 165 Å². The average Bonchev–Trinajstić information content (AvgIpc) is 3.27. The van der Waals surface area contributed by atoms with E-state index in [1.165, 1.54) is 0 Å². The van der Waals surface area contributed by atoms with Crippen LogP contribution in [0.1, 0.15) is 41.5 Å². The lowest BCUT2D eigenvalue weighted by molar-refractivity contribution is -0.131. The Kier molecular flexibility index (Phi) is 5.03. The standard InChI is InChI=1S/C22H27N5O/c1-16-20(17(2)27(24-16)19-9-5-4-6-10-19)14-21(28)26-12-7-8-18(15-26)22-23-11-13-25(22)3/h4-6,9-11,13,18H,7-8,12,14-15H2,1-3H3. The Morgan fingerprint density at radius 2 is 2.00 bits per heavy atom. The zero-order valence-electron chi connectivity index (χ0n) is 16.8. The summed E-state index contributed by atoms with van der Waals surface area (Å²) in [6, 6.07) is 10.1. The molecule has 1 aliphatic rings. The van der Waals surface area contributed by atoms with Gasteiger partial charge < -0.3 is 9.47 Å².